The topological polar surface area (TPSA) is 34.5 Å². The van der Waals surface area contributed by atoms with E-state index in [2.05, 4.69) is 10.1 Å². The monoisotopic (exact) mass is 396 g/mol. The number of rotatable bonds is 5. The van der Waals surface area contributed by atoms with Gasteiger partial charge in [0.05, 0.1) is 16.3 Å². The van der Waals surface area contributed by atoms with Gasteiger partial charge in [-0.25, -0.2) is 0 Å². The van der Waals surface area contributed by atoms with Crippen LogP contribution < -0.4 is 0 Å². The molecule has 0 N–H and O–H groups in total. The van der Waals surface area contributed by atoms with Crippen molar-refractivity contribution in [2.24, 2.45) is 5.16 Å². The highest BCUT2D eigenvalue weighted by Crippen LogP contribution is 2.31. The molecular weight excluding hydrogens is 388 g/mol. The zero-order valence-electron chi connectivity index (χ0n) is 11.9. The SMILES string of the molecule is FC(F)(F)c1cnc(C/C=N\OCc2c(Cl)cccc2Cl)c(Cl)c1. The van der Waals surface area contributed by atoms with Crippen LogP contribution in [-0.4, -0.2) is 11.2 Å². The maximum atomic E-state index is 12.5. The van der Waals surface area contributed by atoms with Gasteiger partial charge in [-0.05, 0) is 18.2 Å². The van der Waals surface area contributed by atoms with Gasteiger partial charge in [-0.3, -0.25) is 4.98 Å². The zero-order chi connectivity index (χ0) is 17.7. The number of hydrogen-bond donors (Lipinski definition) is 0. The van der Waals surface area contributed by atoms with E-state index >= 15 is 0 Å². The fraction of sp³-hybridized carbons (Fsp3) is 0.200. The number of benzene rings is 1. The molecule has 2 rings (SSSR count). The number of oxime groups is 1. The van der Waals surface area contributed by atoms with Crippen LogP contribution in [0.25, 0.3) is 0 Å². The normalized spacial score (nSPS) is 11.9. The second-order valence-electron chi connectivity index (χ2n) is 4.62. The van der Waals surface area contributed by atoms with Crippen LogP contribution in [0.2, 0.25) is 15.1 Å². The second kappa shape index (κ2) is 8.05. The summed E-state index contributed by atoms with van der Waals surface area (Å²) in [6.45, 7) is 0.0587. The van der Waals surface area contributed by atoms with E-state index in [-0.39, 0.29) is 23.7 Å². The Morgan fingerprint density at radius 3 is 2.38 bits per heavy atom. The van der Waals surface area contributed by atoms with Crippen molar-refractivity contribution in [1.29, 1.82) is 0 Å². The zero-order valence-corrected chi connectivity index (χ0v) is 14.2. The Morgan fingerprint density at radius 2 is 1.79 bits per heavy atom. The summed E-state index contributed by atoms with van der Waals surface area (Å²) in [5.41, 5.74) is -0.0609. The number of halogens is 6. The maximum absolute atomic E-state index is 12.5. The van der Waals surface area contributed by atoms with Crippen molar-refractivity contribution in [1.82, 2.24) is 4.98 Å². The summed E-state index contributed by atoms with van der Waals surface area (Å²) in [6.07, 6.45) is -2.31. The Morgan fingerprint density at radius 1 is 1.12 bits per heavy atom. The fourth-order valence-electron chi connectivity index (χ4n) is 1.72. The summed E-state index contributed by atoms with van der Waals surface area (Å²) in [5, 5.41) is 4.50. The first-order valence-corrected chi connectivity index (χ1v) is 7.70. The molecule has 1 aromatic heterocycles. The number of pyridine rings is 1. The third kappa shape index (κ3) is 5.00. The van der Waals surface area contributed by atoms with Crippen molar-refractivity contribution < 1.29 is 18.0 Å². The summed E-state index contributed by atoms with van der Waals surface area (Å²) < 4.78 is 37.5. The smallest absolute Gasteiger partial charge is 0.391 e. The molecule has 128 valence electrons. The van der Waals surface area contributed by atoms with Gasteiger partial charge in [-0.2, -0.15) is 13.2 Å². The molecule has 1 aromatic carbocycles. The average Bonchev–Trinajstić information content (AvgIpc) is 2.50. The predicted molar refractivity (Wildman–Crippen MR) is 87.7 cm³/mol. The Balaban J connectivity index is 1.93. The van der Waals surface area contributed by atoms with Gasteiger partial charge in [0.1, 0.15) is 6.61 Å². The molecule has 0 atom stereocenters. The molecule has 0 aliphatic heterocycles. The maximum Gasteiger partial charge on any atom is 0.417 e. The molecule has 1 heterocycles. The Hall–Kier alpha value is -1.50. The lowest BCUT2D eigenvalue weighted by Crippen LogP contribution is -2.06. The van der Waals surface area contributed by atoms with Crippen molar-refractivity contribution in [3.05, 3.63) is 62.4 Å². The predicted octanol–water partition coefficient (Wildman–Crippen LogP) is 5.81. The van der Waals surface area contributed by atoms with Gasteiger partial charge in [0.25, 0.3) is 0 Å². The fourth-order valence-corrected chi connectivity index (χ4v) is 2.47. The van der Waals surface area contributed by atoms with E-state index in [1.807, 2.05) is 0 Å². The van der Waals surface area contributed by atoms with Crippen LogP contribution in [0.3, 0.4) is 0 Å². The second-order valence-corrected chi connectivity index (χ2v) is 5.84. The van der Waals surface area contributed by atoms with Gasteiger partial charge >= 0.3 is 6.18 Å². The van der Waals surface area contributed by atoms with Gasteiger partial charge in [-0.15, -0.1) is 0 Å². The largest absolute Gasteiger partial charge is 0.417 e. The van der Waals surface area contributed by atoms with E-state index < -0.39 is 11.7 Å². The minimum Gasteiger partial charge on any atom is -0.391 e. The third-order valence-corrected chi connectivity index (χ3v) is 3.98. The Bertz CT molecular complexity index is 731. The van der Waals surface area contributed by atoms with Crippen LogP contribution in [0.15, 0.2) is 35.6 Å². The van der Waals surface area contributed by atoms with Crippen LogP contribution in [0, 0.1) is 0 Å². The number of nitrogens with zero attached hydrogens (tertiary/aromatic N) is 2. The minimum atomic E-state index is -4.49. The van der Waals surface area contributed by atoms with Crippen molar-refractivity contribution in [3.8, 4) is 0 Å². The molecule has 0 aliphatic carbocycles. The Kier molecular flexibility index (Phi) is 6.32. The quantitative estimate of drug-likeness (QED) is 0.471. The van der Waals surface area contributed by atoms with Gasteiger partial charge in [0.2, 0.25) is 0 Å². The number of alkyl halides is 3. The average molecular weight is 398 g/mol. The molecule has 0 amide bonds. The van der Waals surface area contributed by atoms with E-state index in [1.54, 1.807) is 18.2 Å². The molecule has 9 heteroatoms. The minimum absolute atomic E-state index is 0.0587. The van der Waals surface area contributed by atoms with Gasteiger partial charge in [0, 0.05) is 34.4 Å². The van der Waals surface area contributed by atoms with E-state index in [4.69, 9.17) is 39.6 Å². The van der Waals surface area contributed by atoms with E-state index in [0.717, 1.165) is 12.3 Å². The first-order chi connectivity index (χ1) is 11.3. The first kappa shape index (κ1) is 18.8. The summed E-state index contributed by atoms with van der Waals surface area (Å²) in [6, 6.07) is 5.86. The molecule has 0 saturated heterocycles. The molecule has 0 bridgehead atoms. The van der Waals surface area contributed by atoms with Crippen LogP contribution >= 0.6 is 34.8 Å². The van der Waals surface area contributed by atoms with Gasteiger partial charge < -0.3 is 4.84 Å². The summed E-state index contributed by atoms with van der Waals surface area (Å²) in [5.74, 6) is 0. The number of aromatic nitrogens is 1. The van der Waals surface area contributed by atoms with E-state index in [9.17, 15) is 13.2 Å². The summed E-state index contributed by atoms with van der Waals surface area (Å²) in [7, 11) is 0. The molecule has 3 nitrogen and oxygen atoms in total. The molecular formula is C15H10Cl3F3N2O. The molecule has 0 unspecified atom stereocenters. The van der Waals surface area contributed by atoms with Crippen LogP contribution in [0.4, 0.5) is 13.2 Å². The highest BCUT2D eigenvalue weighted by molar-refractivity contribution is 6.35. The standard InChI is InChI=1S/C15H10Cl3F3N2O/c16-11-2-1-3-12(17)10(11)8-24-23-5-4-14-13(18)6-9(7-22-14)15(19,20)21/h1-3,5-7H,4,8H2/b23-5-. The van der Waals surface area contributed by atoms with E-state index in [0.29, 0.717) is 15.6 Å². The van der Waals surface area contributed by atoms with Crippen molar-refractivity contribution in [2.45, 2.75) is 19.2 Å². The van der Waals surface area contributed by atoms with Crippen molar-refractivity contribution in [2.75, 3.05) is 0 Å². The van der Waals surface area contributed by atoms with E-state index in [1.165, 1.54) is 6.21 Å². The van der Waals surface area contributed by atoms with Crippen molar-refractivity contribution >= 4 is 41.0 Å². The molecule has 0 aliphatic rings. The first-order valence-electron chi connectivity index (χ1n) is 6.57. The summed E-state index contributed by atoms with van der Waals surface area (Å²) >= 11 is 17.7. The van der Waals surface area contributed by atoms with Gasteiger partial charge in [0.15, 0.2) is 0 Å². The summed E-state index contributed by atoms with van der Waals surface area (Å²) in [4.78, 5) is 8.76. The molecule has 24 heavy (non-hydrogen) atoms. The molecule has 0 fully saturated rings. The molecule has 0 radical (unpaired) electrons. The van der Waals surface area contributed by atoms with Crippen LogP contribution in [-0.2, 0) is 24.0 Å². The highest BCUT2D eigenvalue weighted by Gasteiger charge is 2.31. The van der Waals surface area contributed by atoms with Crippen LogP contribution in [0.5, 0.6) is 0 Å². The third-order valence-electron chi connectivity index (χ3n) is 2.95. The molecule has 2 aromatic rings. The lowest BCUT2D eigenvalue weighted by Gasteiger charge is -2.08. The highest BCUT2D eigenvalue weighted by atomic mass is 35.5. The Labute approximate surface area is 151 Å². The van der Waals surface area contributed by atoms with Gasteiger partial charge in [-0.1, -0.05) is 46.0 Å². The van der Waals surface area contributed by atoms with Crippen molar-refractivity contribution in [3.63, 3.8) is 0 Å². The molecule has 0 saturated carbocycles. The number of hydrogen-bond acceptors (Lipinski definition) is 3. The lowest BCUT2D eigenvalue weighted by molar-refractivity contribution is -0.137. The lowest BCUT2D eigenvalue weighted by atomic mass is 10.2. The van der Waals surface area contributed by atoms with Crippen LogP contribution in [0.1, 0.15) is 16.8 Å². The molecule has 0 spiro atoms.